The third kappa shape index (κ3) is 9.18. The fourth-order valence-corrected chi connectivity index (χ4v) is 8.13. The second-order valence-corrected chi connectivity index (χ2v) is 15.2. The number of amides is 6. The Morgan fingerprint density at radius 2 is 1.75 bits per heavy atom. The number of imide groups is 2. The Morgan fingerprint density at radius 1 is 0.929 bits per heavy atom. The van der Waals surface area contributed by atoms with Crippen LogP contribution in [0.2, 0.25) is 0 Å². The first-order valence-electron chi connectivity index (χ1n) is 19.5. The number of β-amino-alcohol motifs (C(OH)–C–C–N with tert-alkyl or cyclic N) is 1. The summed E-state index contributed by atoms with van der Waals surface area (Å²) in [6, 6.07) is 14.2. The highest BCUT2D eigenvalue weighted by molar-refractivity contribution is 6.24. The molecule has 0 radical (unpaired) electrons. The van der Waals surface area contributed by atoms with Crippen LogP contribution in [0.15, 0.2) is 54.9 Å². The SMILES string of the molecule is O=C(CCCCc1cccc2c1C(=O)N(C1CCC(=O)NC1=O)C2=O)NCCN1CC(Cc2cc(C(=O)NC[C@H](O)CN3CCc4ccccc4C3)ncn2)C1. The van der Waals surface area contributed by atoms with Crippen molar-refractivity contribution in [2.75, 3.05) is 45.8 Å². The zero-order valence-electron chi connectivity index (χ0n) is 31.4. The number of benzene rings is 2. The first kappa shape index (κ1) is 38.9. The molecule has 2 saturated heterocycles. The molecule has 0 bridgehead atoms. The number of hydrogen-bond acceptors (Lipinski definition) is 11. The number of fused-ring (bicyclic) bond motifs is 2. The lowest BCUT2D eigenvalue weighted by atomic mass is 9.94. The minimum atomic E-state index is -1.01. The second kappa shape index (κ2) is 17.6. The Kier molecular flexibility index (Phi) is 12.2. The van der Waals surface area contributed by atoms with Gasteiger partial charge in [-0.2, -0.15) is 0 Å². The summed E-state index contributed by atoms with van der Waals surface area (Å²) in [5.41, 5.74) is 4.96. The van der Waals surface area contributed by atoms with Crippen molar-refractivity contribution >= 4 is 35.4 Å². The Labute approximate surface area is 325 Å². The maximum absolute atomic E-state index is 13.3. The van der Waals surface area contributed by atoms with Crippen LogP contribution in [-0.4, -0.2) is 123 Å². The van der Waals surface area contributed by atoms with Crippen LogP contribution in [0.25, 0.3) is 0 Å². The van der Waals surface area contributed by atoms with Gasteiger partial charge in [-0.15, -0.1) is 0 Å². The zero-order valence-corrected chi connectivity index (χ0v) is 31.4. The van der Waals surface area contributed by atoms with Gasteiger partial charge in [0.15, 0.2) is 0 Å². The molecule has 4 N–H and O–H groups in total. The molecule has 7 rings (SSSR count). The molecule has 2 fully saturated rings. The van der Waals surface area contributed by atoms with Crippen LogP contribution in [0.1, 0.15) is 85.7 Å². The van der Waals surface area contributed by atoms with Crippen LogP contribution in [-0.2, 0) is 40.2 Å². The van der Waals surface area contributed by atoms with Gasteiger partial charge in [-0.05, 0) is 73.3 Å². The minimum absolute atomic E-state index is 0.0489. The van der Waals surface area contributed by atoms with Gasteiger partial charge in [-0.1, -0.05) is 36.4 Å². The summed E-state index contributed by atoms with van der Waals surface area (Å²) in [5.74, 6) is -2.11. The molecule has 2 atom stereocenters. The third-order valence-electron chi connectivity index (χ3n) is 11.1. The molecule has 5 heterocycles. The molecule has 15 nitrogen and oxygen atoms in total. The fourth-order valence-electron chi connectivity index (χ4n) is 8.13. The predicted molar refractivity (Wildman–Crippen MR) is 203 cm³/mol. The van der Waals surface area contributed by atoms with Crippen LogP contribution < -0.4 is 16.0 Å². The lowest BCUT2D eigenvalue weighted by Crippen LogP contribution is -2.54. The number of carbonyl (C=O) groups excluding carboxylic acids is 6. The first-order chi connectivity index (χ1) is 27.1. The van der Waals surface area contributed by atoms with E-state index in [0.717, 1.165) is 49.7 Å². The highest BCUT2D eigenvalue weighted by atomic mass is 16.3. The number of aromatic nitrogens is 2. The third-order valence-corrected chi connectivity index (χ3v) is 11.1. The van der Waals surface area contributed by atoms with Gasteiger partial charge < -0.3 is 20.6 Å². The van der Waals surface area contributed by atoms with E-state index < -0.39 is 35.8 Å². The molecule has 3 aromatic rings. The first-order valence-corrected chi connectivity index (χ1v) is 19.5. The van der Waals surface area contributed by atoms with E-state index >= 15 is 0 Å². The number of carbonyl (C=O) groups is 6. The molecule has 0 saturated carbocycles. The number of hydrogen-bond donors (Lipinski definition) is 4. The van der Waals surface area contributed by atoms with Crippen molar-refractivity contribution in [1.82, 2.24) is 40.6 Å². The Morgan fingerprint density at radius 3 is 2.57 bits per heavy atom. The topological polar surface area (TPSA) is 194 Å². The summed E-state index contributed by atoms with van der Waals surface area (Å²) in [6.45, 7) is 5.25. The maximum Gasteiger partial charge on any atom is 0.270 e. The standard InChI is InChI=1S/C41H48N8O7/c50-31(24-47-16-14-27-6-1-2-8-29(27)23-47)20-43-38(53)33-19-30(44-25-45-33)18-26-21-48(22-26)17-15-42-35(51)11-4-3-7-28-9-5-10-32-37(28)41(56)49(40(32)55)34-12-13-36(52)46-39(34)54/h1-2,5-6,8-10,19,25-26,31,34,50H,3-4,7,11-18,20-24H2,(H,42,51)(H,43,53)(H,46,52,54)/t31-,34?/m0/s1. The fraction of sp³-hybridized carbons (Fsp3) is 0.463. The average Bonchev–Trinajstić information content (AvgIpc) is 3.43. The van der Waals surface area contributed by atoms with E-state index in [1.807, 2.05) is 6.07 Å². The van der Waals surface area contributed by atoms with Crippen LogP contribution in [0, 0.1) is 5.92 Å². The van der Waals surface area contributed by atoms with Crippen LogP contribution in [0.3, 0.4) is 0 Å². The number of nitrogens with one attached hydrogen (secondary N) is 3. The van der Waals surface area contributed by atoms with Crippen molar-refractivity contribution in [3.63, 3.8) is 0 Å². The van der Waals surface area contributed by atoms with Gasteiger partial charge in [-0.3, -0.25) is 43.9 Å². The van der Waals surface area contributed by atoms with Gasteiger partial charge >= 0.3 is 0 Å². The van der Waals surface area contributed by atoms with Crippen molar-refractivity contribution in [2.24, 2.45) is 5.92 Å². The normalized spacial score (nSPS) is 19.2. The van der Waals surface area contributed by atoms with E-state index in [4.69, 9.17) is 0 Å². The Bertz CT molecular complexity index is 2000. The smallest absolute Gasteiger partial charge is 0.270 e. The molecule has 15 heteroatoms. The molecule has 56 heavy (non-hydrogen) atoms. The summed E-state index contributed by atoms with van der Waals surface area (Å²) in [4.78, 5) is 89.7. The van der Waals surface area contributed by atoms with Crippen molar-refractivity contribution in [1.29, 1.82) is 0 Å². The van der Waals surface area contributed by atoms with Gasteiger partial charge in [0, 0.05) is 70.9 Å². The van der Waals surface area contributed by atoms with E-state index in [1.165, 1.54) is 17.5 Å². The highest BCUT2D eigenvalue weighted by Crippen LogP contribution is 2.31. The van der Waals surface area contributed by atoms with E-state index in [0.29, 0.717) is 62.2 Å². The summed E-state index contributed by atoms with van der Waals surface area (Å²) in [7, 11) is 0. The number of aliphatic hydroxyl groups is 1. The monoisotopic (exact) mass is 764 g/mol. The van der Waals surface area contributed by atoms with Crippen LogP contribution >= 0.6 is 0 Å². The van der Waals surface area contributed by atoms with Gasteiger partial charge in [-0.25, -0.2) is 9.97 Å². The van der Waals surface area contributed by atoms with Gasteiger partial charge in [0.25, 0.3) is 17.7 Å². The summed E-state index contributed by atoms with van der Waals surface area (Å²) < 4.78 is 0. The van der Waals surface area contributed by atoms with Crippen molar-refractivity contribution in [3.8, 4) is 0 Å². The van der Waals surface area contributed by atoms with Gasteiger partial charge in [0.05, 0.1) is 17.2 Å². The number of piperidine rings is 1. The number of aliphatic hydroxyl groups excluding tert-OH is 1. The minimum Gasteiger partial charge on any atom is -0.390 e. The van der Waals surface area contributed by atoms with E-state index in [2.05, 4.69) is 53.9 Å². The van der Waals surface area contributed by atoms with Crippen LogP contribution in [0.5, 0.6) is 0 Å². The molecule has 1 aromatic heterocycles. The molecule has 0 spiro atoms. The number of likely N-dealkylation sites (tertiary alicyclic amines) is 1. The lowest BCUT2D eigenvalue weighted by molar-refractivity contribution is -0.136. The van der Waals surface area contributed by atoms with Crippen molar-refractivity contribution in [2.45, 2.75) is 70.1 Å². The molecule has 6 amide bonds. The van der Waals surface area contributed by atoms with Crippen LogP contribution in [0.4, 0.5) is 0 Å². The largest absolute Gasteiger partial charge is 0.390 e. The molecule has 0 aliphatic carbocycles. The van der Waals surface area contributed by atoms with E-state index in [9.17, 15) is 33.9 Å². The molecule has 4 aliphatic rings. The predicted octanol–water partition coefficient (Wildman–Crippen LogP) is 1.03. The molecule has 294 valence electrons. The zero-order chi connectivity index (χ0) is 39.2. The average molecular weight is 765 g/mol. The Balaban J connectivity index is 0.761. The highest BCUT2D eigenvalue weighted by Gasteiger charge is 2.45. The number of rotatable bonds is 16. The lowest BCUT2D eigenvalue weighted by Gasteiger charge is -2.39. The van der Waals surface area contributed by atoms with E-state index in [1.54, 1.807) is 24.3 Å². The molecule has 2 aromatic carbocycles. The van der Waals surface area contributed by atoms with Gasteiger partial charge in [0.2, 0.25) is 17.7 Å². The molecular formula is C41H48N8O7. The molecule has 1 unspecified atom stereocenters. The maximum atomic E-state index is 13.3. The number of nitrogens with zero attached hydrogens (tertiary/aromatic N) is 5. The number of unbranched alkanes of at least 4 members (excludes halogenated alkanes) is 1. The summed E-state index contributed by atoms with van der Waals surface area (Å²) >= 11 is 0. The molecule has 4 aliphatic heterocycles. The van der Waals surface area contributed by atoms with E-state index in [-0.39, 0.29) is 42.5 Å². The van der Waals surface area contributed by atoms with Crippen molar-refractivity contribution in [3.05, 3.63) is 94.1 Å². The quantitative estimate of drug-likeness (QED) is 0.120. The summed E-state index contributed by atoms with van der Waals surface area (Å²) in [6.07, 6.45) is 4.63. The van der Waals surface area contributed by atoms with Gasteiger partial charge in [0.1, 0.15) is 18.1 Å². The Hall–Kier alpha value is -5.38. The van der Waals surface area contributed by atoms with Crippen molar-refractivity contribution < 1.29 is 33.9 Å². The second-order valence-electron chi connectivity index (χ2n) is 15.2. The number of aryl methyl sites for hydroxylation is 1. The summed E-state index contributed by atoms with van der Waals surface area (Å²) in [5, 5.41) is 18.6. The molecular weight excluding hydrogens is 716 g/mol.